The van der Waals surface area contributed by atoms with E-state index in [2.05, 4.69) is 37.4 Å². The van der Waals surface area contributed by atoms with E-state index in [4.69, 9.17) is 21.1 Å². The van der Waals surface area contributed by atoms with Gasteiger partial charge in [0.05, 0.1) is 18.2 Å². The van der Waals surface area contributed by atoms with Crippen LogP contribution in [0.4, 0.5) is 5.82 Å². The van der Waals surface area contributed by atoms with Gasteiger partial charge in [0.25, 0.3) is 0 Å². The number of rotatable bonds is 2. The molecule has 0 aliphatic carbocycles. The minimum absolute atomic E-state index is 0.152. The van der Waals surface area contributed by atoms with Gasteiger partial charge in [-0.1, -0.05) is 11.6 Å². The van der Waals surface area contributed by atoms with E-state index in [1.54, 1.807) is 6.20 Å². The minimum atomic E-state index is -0.152. The summed E-state index contributed by atoms with van der Waals surface area (Å²) in [6.45, 7) is 5.09. The van der Waals surface area contributed by atoms with Crippen LogP contribution in [0, 0.1) is 3.57 Å². The summed E-state index contributed by atoms with van der Waals surface area (Å²) < 4.78 is 12.1. The van der Waals surface area contributed by atoms with Gasteiger partial charge in [-0.25, -0.2) is 4.98 Å². The quantitative estimate of drug-likeness (QED) is 0.714. The molecule has 19 heavy (non-hydrogen) atoms. The maximum atomic E-state index is 6.00. The van der Waals surface area contributed by atoms with E-state index >= 15 is 0 Å². The third kappa shape index (κ3) is 3.13. The highest BCUT2D eigenvalue weighted by Gasteiger charge is 2.28. The van der Waals surface area contributed by atoms with Crippen molar-refractivity contribution in [3.63, 3.8) is 0 Å². The molecule has 0 saturated carbocycles. The second-order valence-corrected chi connectivity index (χ2v) is 6.10. The Labute approximate surface area is 131 Å². The molecule has 7 heteroatoms. The molecule has 1 aromatic rings. The van der Waals surface area contributed by atoms with Crippen LogP contribution in [0.3, 0.4) is 0 Å². The lowest BCUT2D eigenvalue weighted by Crippen LogP contribution is -2.51. The molecular weight excluding hydrogens is 381 g/mol. The molecule has 3 rings (SSSR count). The molecule has 2 saturated heterocycles. The Hall–Kier alpha value is -0.150. The second-order valence-electron chi connectivity index (χ2n) is 4.53. The number of ether oxygens (including phenoxy) is 2. The average molecular weight is 396 g/mol. The summed E-state index contributed by atoms with van der Waals surface area (Å²) in [5, 5.41) is 0.704. The maximum absolute atomic E-state index is 6.00. The fourth-order valence-electron chi connectivity index (χ4n) is 2.30. The lowest BCUT2D eigenvalue weighted by molar-refractivity contribution is -0.153. The minimum Gasteiger partial charge on any atom is -0.354 e. The molecule has 2 aliphatic rings. The number of hydrogen-bond acceptors (Lipinski definition) is 5. The van der Waals surface area contributed by atoms with Gasteiger partial charge >= 0.3 is 0 Å². The summed E-state index contributed by atoms with van der Waals surface area (Å²) in [5.74, 6) is 0.988. The number of anilines is 1. The third-order valence-electron chi connectivity index (χ3n) is 3.33. The number of halogens is 2. The van der Waals surface area contributed by atoms with Crippen LogP contribution in [0.25, 0.3) is 0 Å². The van der Waals surface area contributed by atoms with Crippen molar-refractivity contribution in [2.45, 2.75) is 6.41 Å². The van der Waals surface area contributed by atoms with Crippen LogP contribution in [0.1, 0.15) is 0 Å². The van der Waals surface area contributed by atoms with Crippen molar-refractivity contribution in [1.29, 1.82) is 0 Å². The molecular formula is C12H15ClIN3O2. The Morgan fingerprint density at radius 2 is 1.89 bits per heavy atom. The number of aromatic nitrogens is 1. The first-order chi connectivity index (χ1) is 9.24. The Balaban J connectivity index is 1.61. The van der Waals surface area contributed by atoms with Gasteiger partial charge < -0.3 is 14.4 Å². The Morgan fingerprint density at radius 1 is 1.21 bits per heavy atom. The van der Waals surface area contributed by atoms with E-state index in [0.29, 0.717) is 18.2 Å². The van der Waals surface area contributed by atoms with Crippen LogP contribution in [-0.4, -0.2) is 55.7 Å². The van der Waals surface area contributed by atoms with Gasteiger partial charge in [0.2, 0.25) is 6.41 Å². The van der Waals surface area contributed by atoms with Crippen LogP contribution < -0.4 is 4.90 Å². The molecule has 0 atom stereocenters. The van der Waals surface area contributed by atoms with Crippen LogP contribution >= 0.6 is 34.2 Å². The zero-order valence-electron chi connectivity index (χ0n) is 10.4. The second kappa shape index (κ2) is 6.09. The molecule has 0 radical (unpaired) electrons. The summed E-state index contributed by atoms with van der Waals surface area (Å²) in [4.78, 5) is 8.89. The van der Waals surface area contributed by atoms with Crippen LogP contribution in [0.5, 0.6) is 0 Å². The first kappa shape index (κ1) is 13.8. The van der Waals surface area contributed by atoms with Gasteiger partial charge in [-0.3, -0.25) is 4.90 Å². The zero-order valence-corrected chi connectivity index (χ0v) is 13.3. The molecule has 0 N–H and O–H groups in total. The number of hydrogen-bond donors (Lipinski definition) is 0. The Morgan fingerprint density at radius 3 is 2.53 bits per heavy atom. The highest BCUT2D eigenvalue weighted by atomic mass is 127. The Bertz CT molecular complexity index is 449. The Kier molecular flexibility index (Phi) is 4.43. The van der Waals surface area contributed by atoms with Crippen molar-refractivity contribution in [3.8, 4) is 0 Å². The van der Waals surface area contributed by atoms with E-state index in [1.807, 2.05) is 6.07 Å². The van der Waals surface area contributed by atoms with Gasteiger partial charge in [0.15, 0.2) is 0 Å². The average Bonchev–Trinajstić information content (AvgIpc) is 2.96. The highest BCUT2D eigenvalue weighted by molar-refractivity contribution is 14.1. The van der Waals surface area contributed by atoms with Crippen molar-refractivity contribution in [1.82, 2.24) is 9.88 Å². The van der Waals surface area contributed by atoms with Gasteiger partial charge in [0, 0.05) is 35.9 Å². The van der Waals surface area contributed by atoms with Crippen molar-refractivity contribution in [3.05, 3.63) is 20.9 Å². The first-order valence-electron chi connectivity index (χ1n) is 6.27. The molecule has 1 aromatic heterocycles. The van der Waals surface area contributed by atoms with E-state index in [-0.39, 0.29) is 6.41 Å². The van der Waals surface area contributed by atoms with Crippen LogP contribution in [-0.2, 0) is 9.47 Å². The normalized spacial score (nSPS) is 22.1. The zero-order chi connectivity index (χ0) is 13.2. The van der Waals surface area contributed by atoms with E-state index < -0.39 is 0 Å². The number of piperazine rings is 1. The number of pyridine rings is 1. The topological polar surface area (TPSA) is 37.8 Å². The van der Waals surface area contributed by atoms with Crippen molar-refractivity contribution < 1.29 is 9.47 Å². The largest absolute Gasteiger partial charge is 0.354 e. The summed E-state index contributed by atoms with van der Waals surface area (Å²) in [6, 6.07) is 2.03. The standard InChI is InChI=1S/C12H15ClIN3O2/c13-9-8-15-11(7-10(9)14)16-1-3-17(4-2-16)12-18-5-6-19-12/h7-8,12H,1-6H2. The molecule has 2 aliphatic heterocycles. The predicted molar refractivity (Wildman–Crippen MR) is 81.4 cm³/mol. The first-order valence-corrected chi connectivity index (χ1v) is 7.73. The van der Waals surface area contributed by atoms with Crippen molar-refractivity contribution in [2.75, 3.05) is 44.3 Å². The molecule has 0 unspecified atom stereocenters. The monoisotopic (exact) mass is 395 g/mol. The lowest BCUT2D eigenvalue weighted by Gasteiger charge is -2.37. The molecule has 2 fully saturated rings. The van der Waals surface area contributed by atoms with Gasteiger partial charge in [-0.05, 0) is 28.7 Å². The van der Waals surface area contributed by atoms with Gasteiger partial charge in [0.1, 0.15) is 5.82 Å². The maximum Gasteiger partial charge on any atom is 0.218 e. The fraction of sp³-hybridized carbons (Fsp3) is 0.583. The molecule has 0 aromatic carbocycles. The van der Waals surface area contributed by atoms with E-state index in [9.17, 15) is 0 Å². The van der Waals surface area contributed by atoms with E-state index in [0.717, 1.165) is 35.6 Å². The molecule has 0 amide bonds. The molecule has 3 heterocycles. The SMILES string of the molecule is Clc1cnc(N2CCN(C3OCCO3)CC2)cc1I. The third-order valence-corrected chi connectivity index (χ3v) is 4.85. The lowest BCUT2D eigenvalue weighted by atomic mass is 10.3. The number of nitrogens with zero attached hydrogens (tertiary/aromatic N) is 3. The summed E-state index contributed by atoms with van der Waals surface area (Å²) in [6.07, 6.45) is 1.56. The van der Waals surface area contributed by atoms with Crippen molar-refractivity contribution in [2.24, 2.45) is 0 Å². The highest BCUT2D eigenvalue weighted by Crippen LogP contribution is 2.23. The van der Waals surface area contributed by atoms with Gasteiger partial charge in [-0.15, -0.1) is 0 Å². The molecule has 0 spiro atoms. The molecule has 104 valence electrons. The molecule has 0 bridgehead atoms. The molecule has 5 nitrogen and oxygen atoms in total. The van der Waals surface area contributed by atoms with Crippen molar-refractivity contribution >= 4 is 40.0 Å². The summed E-state index contributed by atoms with van der Waals surface area (Å²) in [5.41, 5.74) is 0. The fourth-order valence-corrected chi connectivity index (χ4v) is 2.82. The van der Waals surface area contributed by atoms with E-state index in [1.165, 1.54) is 0 Å². The smallest absolute Gasteiger partial charge is 0.218 e. The summed E-state index contributed by atoms with van der Waals surface area (Å²) in [7, 11) is 0. The summed E-state index contributed by atoms with van der Waals surface area (Å²) >= 11 is 8.23. The van der Waals surface area contributed by atoms with Crippen LogP contribution in [0.15, 0.2) is 12.3 Å². The predicted octanol–water partition coefficient (Wildman–Crippen LogP) is 1.79. The van der Waals surface area contributed by atoms with Gasteiger partial charge in [-0.2, -0.15) is 0 Å². The van der Waals surface area contributed by atoms with Crippen LogP contribution in [0.2, 0.25) is 5.02 Å².